The Morgan fingerprint density at radius 3 is 2.50 bits per heavy atom. The van der Waals surface area contributed by atoms with Gasteiger partial charge in [-0.15, -0.1) is 0 Å². The number of aryl methyl sites for hydroxylation is 1. The Kier molecular flexibility index (Phi) is 4.71. The average molecular weight is 271 g/mol. The van der Waals surface area contributed by atoms with Gasteiger partial charge in [0.1, 0.15) is 5.75 Å². The summed E-state index contributed by atoms with van der Waals surface area (Å²) in [6, 6.07) is 11.2. The van der Waals surface area contributed by atoms with Gasteiger partial charge in [-0.3, -0.25) is 4.79 Å². The van der Waals surface area contributed by atoms with Crippen LogP contribution in [0.25, 0.3) is 0 Å². The van der Waals surface area contributed by atoms with E-state index in [4.69, 9.17) is 9.47 Å². The molecule has 20 heavy (non-hydrogen) atoms. The molecule has 0 aliphatic rings. The first-order valence-electron chi connectivity index (χ1n) is 6.39. The van der Waals surface area contributed by atoms with Crippen molar-refractivity contribution in [1.29, 1.82) is 0 Å². The van der Waals surface area contributed by atoms with Gasteiger partial charge in [-0.1, -0.05) is 12.1 Å². The van der Waals surface area contributed by atoms with Gasteiger partial charge in [0.2, 0.25) is 5.88 Å². The van der Waals surface area contributed by atoms with Crippen LogP contribution in [0.3, 0.4) is 0 Å². The van der Waals surface area contributed by atoms with Crippen molar-refractivity contribution in [2.45, 2.75) is 12.8 Å². The van der Waals surface area contributed by atoms with Gasteiger partial charge in [-0.05, 0) is 36.2 Å². The Morgan fingerprint density at radius 1 is 1.10 bits per heavy atom. The van der Waals surface area contributed by atoms with E-state index < -0.39 is 0 Å². The number of ether oxygens (including phenoxy) is 2. The molecule has 0 bridgehead atoms. The van der Waals surface area contributed by atoms with Crippen LogP contribution < -0.4 is 9.47 Å². The lowest BCUT2D eigenvalue weighted by Crippen LogP contribution is -2.05. The van der Waals surface area contributed by atoms with Crippen LogP contribution >= 0.6 is 0 Å². The molecule has 0 N–H and O–H groups in total. The van der Waals surface area contributed by atoms with Crippen LogP contribution in [0.5, 0.6) is 11.6 Å². The van der Waals surface area contributed by atoms with E-state index in [0.717, 1.165) is 11.3 Å². The number of hydrogen-bond donors (Lipinski definition) is 0. The normalized spacial score (nSPS) is 10.1. The van der Waals surface area contributed by atoms with E-state index >= 15 is 0 Å². The van der Waals surface area contributed by atoms with Crippen LogP contribution in [0.2, 0.25) is 0 Å². The molecule has 0 spiro atoms. The number of nitrogens with zero attached hydrogens (tertiary/aromatic N) is 1. The summed E-state index contributed by atoms with van der Waals surface area (Å²) in [5.41, 5.74) is 1.63. The molecular weight excluding hydrogens is 254 g/mol. The van der Waals surface area contributed by atoms with Gasteiger partial charge in [0.25, 0.3) is 0 Å². The lowest BCUT2D eigenvalue weighted by Gasteiger charge is -2.06. The van der Waals surface area contributed by atoms with Crippen molar-refractivity contribution >= 4 is 5.78 Å². The number of ketones is 1. The lowest BCUT2D eigenvalue weighted by molar-refractivity contribution is 0.0979. The zero-order valence-electron chi connectivity index (χ0n) is 11.6. The van der Waals surface area contributed by atoms with Gasteiger partial charge in [-0.2, -0.15) is 0 Å². The monoisotopic (exact) mass is 271 g/mol. The predicted molar refractivity (Wildman–Crippen MR) is 76.4 cm³/mol. The summed E-state index contributed by atoms with van der Waals surface area (Å²) in [7, 11) is 3.15. The maximum absolute atomic E-state index is 12.2. The summed E-state index contributed by atoms with van der Waals surface area (Å²) in [6.45, 7) is 0. The molecule has 4 heteroatoms. The Balaban J connectivity index is 2.01. The van der Waals surface area contributed by atoms with Gasteiger partial charge in [0.05, 0.1) is 19.8 Å². The second-order valence-electron chi connectivity index (χ2n) is 4.33. The Morgan fingerprint density at radius 2 is 1.85 bits per heavy atom. The van der Waals surface area contributed by atoms with E-state index in [1.165, 1.54) is 7.11 Å². The Labute approximate surface area is 118 Å². The molecule has 0 saturated heterocycles. The van der Waals surface area contributed by atoms with E-state index in [2.05, 4.69) is 4.98 Å². The van der Waals surface area contributed by atoms with Gasteiger partial charge in [0, 0.05) is 12.6 Å². The van der Waals surface area contributed by atoms with Crippen LogP contribution in [0.1, 0.15) is 22.3 Å². The highest BCUT2D eigenvalue weighted by Gasteiger charge is 2.12. The quantitative estimate of drug-likeness (QED) is 0.758. The summed E-state index contributed by atoms with van der Waals surface area (Å²) in [5.74, 6) is 1.23. The number of carbonyl (C=O) groups excluding carboxylic acids is 1. The molecule has 0 aliphatic heterocycles. The third-order valence-electron chi connectivity index (χ3n) is 3.06. The first-order valence-corrected chi connectivity index (χ1v) is 6.39. The molecule has 0 fully saturated rings. The maximum atomic E-state index is 12.2. The van der Waals surface area contributed by atoms with Crippen molar-refractivity contribution in [2.24, 2.45) is 0 Å². The fourth-order valence-corrected chi connectivity index (χ4v) is 1.95. The average Bonchev–Trinajstić information content (AvgIpc) is 2.53. The fourth-order valence-electron chi connectivity index (χ4n) is 1.95. The minimum atomic E-state index is 0.0331. The zero-order chi connectivity index (χ0) is 14.4. The van der Waals surface area contributed by atoms with Crippen molar-refractivity contribution in [3.05, 3.63) is 53.7 Å². The van der Waals surface area contributed by atoms with E-state index in [1.54, 1.807) is 25.4 Å². The Hall–Kier alpha value is -2.36. The number of rotatable bonds is 6. The van der Waals surface area contributed by atoms with Gasteiger partial charge >= 0.3 is 0 Å². The van der Waals surface area contributed by atoms with Crippen molar-refractivity contribution in [3.8, 4) is 11.6 Å². The van der Waals surface area contributed by atoms with Crippen LogP contribution in [-0.2, 0) is 6.42 Å². The number of hydrogen-bond acceptors (Lipinski definition) is 4. The molecule has 0 aliphatic carbocycles. The van der Waals surface area contributed by atoms with Crippen LogP contribution in [0, 0.1) is 0 Å². The molecule has 0 radical (unpaired) electrons. The molecule has 0 amide bonds. The van der Waals surface area contributed by atoms with E-state index in [0.29, 0.717) is 24.3 Å². The molecule has 1 heterocycles. The first-order chi connectivity index (χ1) is 9.74. The summed E-state index contributed by atoms with van der Waals surface area (Å²) in [6.07, 6.45) is 2.72. The highest BCUT2D eigenvalue weighted by Crippen LogP contribution is 2.18. The largest absolute Gasteiger partial charge is 0.497 e. The summed E-state index contributed by atoms with van der Waals surface area (Å²) >= 11 is 0. The number of aromatic nitrogens is 1. The Bertz CT molecular complexity index is 579. The number of methoxy groups -OCH3 is 2. The highest BCUT2D eigenvalue weighted by atomic mass is 16.5. The van der Waals surface area contributed by atoms with Crippen LogP contribution in [-0.4, -0.2) is 25.0 Å². The smallest absolute Gasteiger partial charge is 0.224 e. The molecule has 1 aromatic carbocycles. The highest BCUT2D eigenvalue weighted by molar-refractivity contribution is 5.98. The van der Waals surface area contributed by atoms with Gasteiger partial charge in [0.15, 0.2) is 5.78 Å². The van der Waals surface area contributed by atoms with Gasteiger partial charge < -0.3 is 9.47 Å². The summed E-state index contributed by atoms with van der Waals surface area (Å²) in [5, 5.41) is 0. The van der Waals surface area contributed by atoms with Crippen LogP contribution in [0.4, 0.5) is 0 Å². The van der Waals surface area contributed by atoms with E-state index in [1.807, 2.05) is 24.3 Å². The summed E-state index contributed by atoms with van der Waals surface area (Å²) < 4.78 is 10.2. The third kappa shape index (κ3) is 3.35. The van der Waals surface area contributed by atoms with Crippen molar-refractivity contribution in [2.75, 3.05) is 14.2 Å². The number of pyridine rings is 1. The molecule has 2 rings (SSSR count). The number of Topliss-reactive ketones (excluding diaryl/α,β-unsaturated/α-hetero) is 1. The topological polar surface area (TPSA) is 48.4 Å². The molecule has 0 saturated carbocycles. The second kappa shape index (κ2) is 6.70. The first kappa shape index (κ1) is 14.1. The minimum absolute atomic E-state index is 0.0331. The number of benzene rings is 1. The molecule has 1 aromatic heterocycles. The minimum Gasteiger partial charge on any atom is -0.497 e. The van der Waals surface area contributed by atoms with E-state index in [-0.39, 0.29) is 5.78 Å². The molecule has 4 nitrogen and oxygen atoms in total. The fraction of sp³-hybridized carbons (Fsp3) is 0.250. The van der Waals surface area contributed by atoms with Crippen molar-refractivity contribution in [1.82, 2.24) is 4.98 Å². The second-order valence-corrected chi connectivity index (χ2v) is 4.33. The number of carbonyl (C=O) groups is 1. The van der Waals surface area contributed by atoms with E-state index in [9.17, 15) is 4.79 Å². The van der Waals surface area contributed by atoms with Crippen molar-refractivity contribution in [3.63, 3.8) is 0 Å². The summed E-state index contributed by atoms with van der Waals surface area (Å²) in [4.78, 5) is 16.2. The third-order valence-corrected chi connectivity index (χ3v) is 3.06. The molecule has 0 unspecified atom stereocenters. The maximum Gasteiger partial charge on any atom is 0.224 e. The predicted octanol–water partition coefficient (Wildman–Crippen LogP) is 2.91. The molecule has 104 valence electrons. The SMILES string of the molecule is COc1ccc(CCC(=O)c2cccnc2OC)cc1. The zero-order valence-corrected chi connectivity index (χ0v) is 11.6. The van der Waals surface area contributed by atoms with Crippen molar-refractivity contribution < 1.29 is 14.3 Å². The molecule has 2 aromatic rings. The molecular formula is C16H17NO3. The van der Waals surface area contributed by atoms with Gasteiger partial charge in [-0.25, -0.2) is 4.98 Å². The molecule has 0 atom stereocenters. The standard InChI is InChI=1S/C16H17NO3/c1-19-13-8-5-12(6-9-13)7-10-15(18)14-4-3-11-17-16(14)20-2/h3-6,8-9,11H,7,10H2,1-2H3. The van der Waals surface area contributed by atoms with Crippen LogP contribution in [0.15, 0.2) is 42.6 Å². The lowest BCUT2D eigenvalue weighted by atomic mass is 10.0.